The maximum Gasteiger partial charge on any atom is 0.0458 e. The zero-order chi connectivity index (χ0) is 10.7. The lowest BCUT2D eigenvalue weighted by atomic mass is 10.0. The van der Waals surface area contributed by atoms with Crippen LogP contribution in [0.4, 0.5) is 0 Å². The van der Waals surface area contributed by atoms with Crippen LogP contribution in [-0.4, -0.2) is 16.7 Å². The monoisotopic (exact) mass is 203 g/mol. The van der Waals surface area contributed by atoms with E-state index in [1.165, 1.54) is 22.2 Å². The van der Waals surface area contributed by atoms with Crippen LogP contribution in [0.15, 0.2) is 24.3 Å². The first-order chi connectivity index (χ1) is 7.33. The number of hydrogen-bond acceptors (Lipinski definition) is 1. The summed E-state index contributed by atoms with van der Waals surface area (Å²) in [6, 6.07) is 8.39. The van der Waals surface area contributed by atoms with Gasteiger partial charge in [0.1, 0.15) is 0 Å². The van der Waals surface area contributed by atoms with Gasteiger partial charge in [0.05, 0.1) is 0 Å². The van der Waals surface area contributed by atoms with E-state index in [2.05, 4.69) is 36.2 Å². The summed E-state index contributed by atoms with van der Waals surface area (Å²) >= 11 is 0. The molecule has 0 amide bonds. The summed E-state index contributed by atoms with van der Waals surface area (Å²) in [6.45, 7) is 2.41. The Hall–Kier alpha value is -1.28. The van der Waals surface area contributed by atoms with Gasteiger partial charge in [-0.2, -0.15) is 0 Å². The highest BCUT2D eigenvalue weighted by atomic mass is 16.2. The Morgan fingerprint density at radius 1 is 1.20 bits per heavy atom. The van der Waals surface area contributed by atoms with Gasteiger partial charge in [-0.05, 0) is 37.8 Å². The van der Waals surface area contributed by atoms with Crippen LogP contribution in [-0.2, 0) is 6.42 Å². The number of aliphatic hydroxyl groups is 1. The third-order valence-electron chi connectivity index (χ3n) is 2.86. The Kier molecular flexibility index (Phi) is 3.07. The van der Waals surface area contributed by atoms with E-state index in [1.54, 1.807) is 0 Å². The van der Waals surface area contributed by atoms with Crippen molar-refractivity contribution in [3.05, 3.63) is 35.5 Å². The highest BCUT2D eigenvalue weighted by Gasteiger charge is 2.06. The number of aryl methyl sites for hydroxylation is 2. The maximum atomic E-state index is 8.77. The second kappa shape index (κ2) is 4.49. The number of hydrogen-bond donors (Lipinski definition) is 2. The summed E-state index contributed by atoms with van der Waals surface area (Å²) in [4.78, 5) is 3.39. The van der Waals surface area contributed by atoms with Gasteiger partial charge < -0.3 is 10.1 Å². The summed E-state index contributed by atoms with van der Waals surface area (Å²) in [6.07, 6.45) is 2.99. The summed E-state index contributed by atoms with van der Waals surface area (Å²) < 4.78 is 0. The Balaban J connectivity index is 2.28. The van der Waals surface area contributed by atoms with E-state index in [4.69, 9.17) is 5.11 Å². The summed E-state index contributed by atoms with van der Waals surface area (Å²) in [5.74, 6) is 0. The van der Waals surface area contributed by atoms with Crippen LogP contribution in [0, 0.1) is 6.92 Å². The molecule has 1 aromatic heterocycles. The minimum Gasteiger partial charge on any atom is -0.396 e. The number of aromatic amines is 1. The van der Waals surface area contributed by atoms with Crippen molar-refractivity contribution >= 4 is 10.9 Å². The quantitative estimate of drug-likeness (QED) is 0.736. The van der Waals surface area contributed by atoms with Crippen LogP contribution in [0.3, 0.4) is 0 Å². The summed E-state index contributed by atoms with van der Waals surface area (Å²) in [5, 5.41) is 10.1. The van der Waals surface area contributed by atoms with Crippen LogP contribution in [0.2, 0.25) is 0 Å². The second-order valence-electron chi connectivity index (χ2n) is 3.95. The molecule has 80 valence electrons. The number of rotatable bonds is 4. The molecule has 2 heteroatoms. The Morgan fingerprint density at radius 2 is 2.00 bits per heavy atom. The van der Waals surface area contributed by atoms with E-state index in [0.717, 1.165) is 19.3 Å². The molecular formula is C13H17NO. The Morgan fingerprint density at radius 3 is 2.80 bits per heavy atom. The molecule has 2 rings (SSSR count). The zero-order valence-corrected chi connectivity index (χ0v) is 9.09. The van der Waals surface area contributed by atoms with Crippen molar-refractivity contribution in [3.63, 3.8) is 0 Å². The molecule has 0 spiro atoms. The average Bonchev–Trinajstić information content (AvgIpc) is 2.56. The number of nitrogens with one attached hydrogen (secondary N) is 1. The van der Waals surface area contributed by atoms with Crippen LogP contribution in [0.25, 0.3) is 10.9 Å². The molecule has 0 fully saturated rings. The normalized spacial score (nSPS) is 11.1. The minimum absolute atomic E-state index is 0.293. The third kappa shape index (κ3) is 2.05. The molecule has 1 heterocycles. The molecule has 0 saturated carbocycles. The molecule has 0 saturated heterocycles. The van der Waals surface area contributed by atoms with Crippen LogP contribution in [0.5, 0.6) is 0 Å². The van der Waals surface area contributed by atoms with E-state index < -0.39 is 0 Å². The molecule has 2 N–H and O–H groups in total. The molecule has 2 nitrogen and oxygen atoms in total. The molecule has 1 aromatic carbocycles. The fraction of sp³-hybridized carbons (Fsp3) is 0.385. The molecule has 0 radical (unpaired) electrons. The number of unbranched alkanes of at least 4 members (excludes halogenated alkanes) is 1. The molecule has 0 atom stereocenters. The van der Waals surface area contributed by atoms with Crippen LogP contribution >= 0.6 is 0 Å². The number of H-pyrrole nitrogens is 1. The van der Waals surface area contributed by atoms with Crippen LogP contribution < -0.4 is 0 Å². The van der Waals surface area contributed by atoms with Gasteiger partial charge in [0.15, 0.2) is 0 Å². The van der Waals surface area contributed by atoms with Gasteiger partial charge in [0.25, 0.3) is 0 Å². The molecule has 0 aliphatic heterocycles. The van der Waals surface area contributed by atoms with Crippen molar-refractivity contribution in [1.82, 2.24) is 4.98 Å². The first kappa shape index (κ1) is 10.2. The number of para-hydroxylation sites is 1. The Bertz CT molecular complexity index is 445. The standard InChI is InChI=1S/C13H17NO/c1-10-11(6-4-5-9-15)12-7-2-3-8-13(12)14-10/h2-3,7-8,14-15H,4-6,9H2,1H3. The predicted octanol–water partition coefficient (Wildman–Crippen LogP) is 2.79. The van der Waals surface area contributed by atoms with E-state index in [-0.39, 0.29) is 0 Å². The van der Waals surface area contributed by atoms with E-state index >= 15 is 0 Å². The highest BCUT2D eigenvalue weighted by Crippen LogP contribution is 2.23. The molecule has 0 aliphatic carbocycles. The summed E-state index contributed by atoms with van der Waals surface area (Å²) in [7, 11) is 0. The highest BCUT2D eigenvalue weighted by molar-refractivity contribution is 5.84. The molecular weight excluding hydrogens is 186 g/mol. The van der Waals surface area contributed by atoms with Crippen molar-refractivity contribution in [1.29, 1.82) is 0 Å². The largest absolute Gasteiger partial charge is 0.396 e. The maximum absolute atomic E-state index is 8.77. The first-order valence-electron chi connectivity index (χ1n) is 5.50. The van der Waals surface area contributed by atoms with Gasteiger partial charge in [-0.1, -0.05) is 18.2 Å². The van der Waals surface area contributed by atoms with Gasteiger partial charge in [-0.15, -0.1) is 0 Å². The van der Waals surface area contributed by atoms with E-state index in [9.17, 15) is 0 Å². The average molecular weight is 203 g/mol. The number of fused-ring (bicyclic) bond motifs is 1. The molecule has 0 bridgehead atoms. The van der Waals surface area contributed by atoms with Crippen LogP contribution in [0.1, 0.15) is 24.1 Å². The fourth-order valence-electron chi connectivity index (χ4n) is 2.07. The fourth-order valence-corrected chi connectivity index (χ4v) is 2.07. The lowest BCUT2D eigenvalue weighted by Crippen LogP contribution is -1.89. The van der Waals surface area contributed by atoms with Gasteiger partial charge in [0, 0.05) is 23.2 Å². The SMILES string of the molecule is Cc1[nH]c2ccccc2c1CCCCO. The van der Waals surface area contributed by atoms with Crippen molar-refractivity contribution in [2.45, 2.75) is 26.2 Å². The Labute approximate surface area is 89.9 Å². The molecule has 2 aromatic rings. The van der Waals surface area contributed by atoms with Crippen molar-refractivity contribution in [3.8, 4) is 0 Å². The van der Waals surface area contributed by atoms with E-state index in [0.29, 0.717) is 6.61 Å². The smallest absolute Gasteiger partial charge is 0.0458 e. The number of aliphatic hydroxyl groups excluding tert-OH is 1. The van der Waals surface area contributed by atoms with Crippen molar-refractivity contribution in [2.24, 2.45) is 0 Å². The lowest BCUT2D eigenvalue weighted by Gasteiger charge is -2.00. The van der Waals surface area contributed by atoms with Gasteiger partial charge in [-0.3, -0.25) is 0 Å². The third-order valence-corrected chi connectivity index (χ3v) is 2.86. The number of benzene rings is 1. The van der Waals surface area contributed by atoms with Crippen molar-refractivity contribution in [2.75, 3.05) is 6.61 Å². The van der Waals surface area contributed by atoms with Crippen molar-refractivity contribution < 1.29 is 5.11 Å². The topological polar surface area (TPSA) is 36.0 Å². The first-order valence-corrected chi connectivity index (χ1v) is 5.50. The molecule has 0 aliphatic rings. The second-order valence-corrected chi connectivity index (χ2v) is 3.95. The summed E-state index contributed by atoms with van der Waals surface area (Å²) in [5.41, 5.74) is 3.88. The number of aromatic nitrogens is 1. The van der Waals surface area contributed by atoms with Gasteiger partial charge in [0.2, 0.25) is 0 Å². The van der Waals surface area contributed by atoms with Gasteiger partial charge in [-0.25, -0.2) is 0 Å². The van der Waals surface area contributed by atoms with Gasteiger partial charge >= 0.3 is 0 Å². The molecule has 0 unspecified atom stereocenters. The zero-order valence-electron chi connectivity index (χ0n) is 9.09. The minimum atomic E-state index is 0.293. The van der Waals surface area contributed by atoms with E-state index in [1.807, 2.05) is 0 Å². The molecule has 15 heavy (non-hydrogen) atoms. The predicted molar refractivity (Wildman–Crippen MR) is 63.1 cm³/mol. The lowest BCUT2D eigenvalue weighted by molar-refractivity contribution is 0.284.